The van der Waals surface area contributed by atoms with E-state index >= 15 is 0 Å². The van der Waals surface area contributed by atoms with Crippen LogP contribution in [0.3, 0.4) is 0 Å². The summed E-state index contributed by atoms with van der Waals surface area (Å²) in [7, 11) is 3.93. The summed E-state index contributed by atoms with van der Waals surface area (Å²) in [6, 6.07) is 11.4. The lowest BCUT2D eigenvalue weighted by molar-refractivity contribution is -0.116. The molecule has 2 N–H and O–H groups in total. The molecule has 5 aromatic rings. The van der Waals surface area contributed by atoms with Crippen LogP contribution in [0.2, 0.25) is 10.0 Å². The maximum atomic E-state index is 14.7. The Balaban J connectivity index is 1.18. The lowest BCUT2D eigenvalue weighted by Gasteiger charge is -2.39. The Morgan fingerprint density at radius 2 is 1.81 bits per heavy atom. The predicted molar refractivity (Wildman–Crippen MR) is 205 cm³/mol. The third-order valence-electron chi connectivity index (χ3n) is 11.1. The fourth-order valence-corrected chi connectivity index (χ4v) is 8.78. The second kappa shape index (κ2) is 13.8. The van der Waals surface area contributed by atoms with Gasteiger partial charge in [0.1, 0.15) is 12.9 Å². The molecule has 2 aliphatic carbocycles. The third-order valence-corrected chi connectivity index (χ3v) is 11.8. The topological polar surface area (TPSA) is 151 Å². The van der Waals surface area contributed by atoms with Crippen LogP contribution in [0.4, 0.5) is 5.69 Å². The molecular weight excluding hydrogens is 729 g/mol. The average molecular weight is 771 g/mol. The van der Waals surface area contributed by atoms with Crippen molar-refractivity contribution < 1.29 is 14.7 Å². The van der Waals surface area contributed by atoms with Crippen molar-refractivity contribution in [3.63, 3.8) is 0 Å². The van der Waals surface area contributed by atoms with Crippen molar-refractivity contribution in [2.75, 3.05) is 32.5 Å². The molecule has 1 atom stereocenters. The lowest BCUT2D eigenvalue weighted by Crippen LogP contribution is -2.46. The molecule has 1 spiro atoms. The van der Waals surface area contributed by atoms with Crippen molar-refractivity contribution >= 4 is 46.5 Å². The van der Waals surface area contributed by atoms with E-state index in [1.54, 1.807) is 17.9 Å². The zero-order valence-corrected chi connectivity index (χ0v) is 32.1. The number of carbonyl (C=O) groups excluding carboxylic acids is 2. The second-order valence-electron chi connectivity index (χ2n) is 15.2. The number of nitrogens with zero attached hydrogens (tertiary/aromatic N) is 8. The number of benzene rings is 2. The number of rotatable bonds is 8. The maximum Gasteiger partial charge on any atom is 0.279 e. The van der Waals surface area contributed by atoms with Gasteiger partial charge in [0, 0.05) is 46.9 Å². The summed E-state index contributed by atoms with van der Waals surface area (Å²) in [5.41, 5.74) is 4.00. The highest BCUT2D eigenvalue weighted by Gasteiger charge is 2.49. The molecule has 0 bridgehead atoms. The Labute approximate surface area is 322 Å². The number of likely N-dealkylation sites (tertiary alicyclic amines) is 1. The average Bonchev–Trinajstić information content (AvgIpc) is 3.82. The number of piperidine rings is 1. The summed E-state index contributed by atoms with van der Waals surface area (Å²) in [5.74, 6) is 0.0295. The molecule has 3 aromatic heterocycles. The highest BCUT2D eigenvalue weighted by atomic mass is 35.5. The van der Waals surface area contributed by atoms with Crippen LogP contribution in [0.5, 0.6) is 5.75 Å². The number of aryl methyl sites for hydroxylation is 1. The smallest absolute Gasteiger partial charge is 0.279 e. The summed E-state index contributed by atoms with van der Waals surface area (Å²) in [6.07, 6.45) is 5.20. The van der Waals surface area contributed by atoms with E-state index in [-0.39, 0.29) is 47.1 Å². The van der Waals surface area contributed by atoms with Crippen LogP contribution < -0.4 is 10.9 Å². The van der Waals surface area contributed by atoms with Gasteiger partial charge in [0.25, 0.3) is 11.5 Å². The number of amides is 2. The Hall–Kier alpha value is -4.85. The molecule has 4 heterocycles. The van der Waals surface area contributed by atoms with Gasteiger partial charge in [-0.25, -0.2) is 9.97 Å². The minimum Gasteiger partial charge on any atom is -0.504 e. The third kappa shape index (κ3) is 6.41. The molecule has 2 amide bonds. The number of hydrogen-bond donors (Lipinski definition) is 2. The minimum absolute atomic E-state index is 0.0407. The molecular formula is C39H41Cl2N9O4. The summed E-state index contributed by atoms with van der Waals surface area (Å²) < 4.78 is 3.12. The summed E-state index contributed by atoms with van der Waals surface area (Å²) >= 11 is 13.3. The molecule has 15 heteroatoms. The largest absolute Gasteiger partial charge is 0.504 e. The van der Waals surface area contributed by atoms with Gasteiger partial charge in [-0.15, -0.1) is 5.10 Å². The highest BCUT2D eigenvalue weighted by Crippen LogP contribution is 2.50. The summed E-state index contributed by atoms with van der Waals surface area (Å²) in [6.45, 7) is 4.89. The van der Waals surface area contributed by atoms with E-state index in [4.69, 9.17) is 33.3 Å². The molecule has 280 valence electrons. The van der Waals surface area contributed by atoms with Crippen molar-refractivity contribution in [3.05, 3.63) is 96.9 Å². The molecule has 2 fully saturated rings. The normalized spacial score (nSPS) is 17.8. The van der Waals surface area contributed by atoms with Crippen LogP contribution >= 0.6 is 23.2 Å². The molecule has 1 saturated carbocycles. The zero-order valence-electron chi connectivity index (χ0n) is 30.6. The number of nitrogens with one attached hydrogen (secondary N) is 1. The summed E-state index contributed by atoms with van der Waals surface area (Å²) in [5, 5.41) is 19.3. The molecule has 54 heavy (non-hydrogen) atoms. The predicted octanol–water partition coefficient (Wildman–Crippen LogP) is 5.93. The SMILES string of the molecule is Cc1ncnc(C(=O)N2CCC3(CC2)CC(C)c2c3c(=O)n3nc(-c4ccc(CN(C)C)c(Cl)c4)nc3n2CC(=O)Nc2ccc(C3CC3)cc2Cl)c1O. The lowest BCUT2D eigenvalue weighted by atomic mass is 9.73. The van der Waals surface area contributed by atoms with Crippen molar-refractivity contribution in [2.24, 2.45) is 0 Å². The Bertz CT molecular complexity index is 2400. The van der Waals surface area contributed by atoms with Gasteiger partial charge in [-0.1, -0.05) is 48.3 Å². The van der Waals surface area contributed by atoms with Crippen LogP contribution in [-0.2, 0) is 23.3 Å². The van der Waals surface area contributed by atoms with Gasteiger partial charge < -0.3 is 24.8 Å². The number of carbonyl (C=O) groups is 2. The quantitative estimate of drug-likeness (QED) is 0.196. The van der Waals surface area contributed by atoms with Crippen molar-refractivity contribution in [3.8, 4) is 17.1 Å². The van der Waals surface area contributed by atoms with E-state index in [9.17, 15) is 19.5 Å². The Morgan fingerprint density at radius 3 is 2.50 bits per heavy atom. The van der Waals surface area contributed by atoms with Gasteiger partial charge in [0.05, 0.1) is 16.4 Å². The number of hydrogen-bond acceptors (Lipinski definition) is 9. The molecule has 8 rings (SSSR count). The van der Waals surface area contributed by atoms with Crippen LogP contribution in [0, 0.1) is 6.92 Å². The number of anilines is 1. The van der Waals surface area contributed by atoms with Crippen LogP contribution in [-0.4, -0.2) is 83.0 Å². The van der Waals surface area contributed by atoms with Crippen LogP contribution in [0.1, 0.15) is 89.4 Å². The van der Waals surface area contributed by atoms with Crippen molar-refractivity contribution in [1.29, 1.82) is 0 Å². The molecule has 2 aromatic carbocycles. The maximum absolute atomic E-state index is 14.7. The van der Waals surface area contributed by atoms with E-state index < -0.39 is 5.41 Å². The van der Waals surface area contributed by atoms with E-state index in [0.717, 1.165) is 24.1 Å². The van der Waals surface area contributed by atoms with Gasteiger partial charge in [-0.2, -0.15) is 9.50 Å². The molecule has 3 aliphatic rings. The van der Waals surface area contributed by atoms with Crippen molar-refractivity contribution in [2.45, 2.75) is 76.3 Å². The first-order chi connectivity index (χ1) is 25.8. The standard InChI is InChI=1S/C39H41Cl2N9O4/c1-21-17-39(11-13-48(14-12-39)37(54)32-34(52)22(2)42-20-43-32)31-33(21)49(19-30(51)44-29-10-9-24(15-28(29)41)23-5-6-23)38-45-35(46-50(38)36(31)53)25-7-8-26(18-47(3)4)27(40)16-25/h7-10,15-16,20-21,23,52H,5-6,11-14,17-19H2,1-4H3,(H,44,51). The summed E-state index contributed by atoms with van der Waals surface area (Å²) in [4.78, 5) is 58.7. The molecule has 0 radical (unpaired) electrons. The molecule has 1 unspecified atom stereocenters. The first kappa shape index (κ1) is 36.1. The first-order valence-electron chi connectivity index (χ1n) is 18.2. The minimum atomic E-state index is -0.580. The monoisotopic (exact) mass is 769 g/mol. The van der Waals surface area contributed by atoms with Gasteiger partial charge in [-0.3, -0.25) is 14.4 Å². The Kier molecular flexibility index (Phi) is 9.22. The number of aromatic nitrogens is 6. The number of fused-ring (bicyclic) bond motifs is 3. The van der Waals surface area contributed by atoms with Gasteiger partial charge in [-0.05, 0) is 94.3 Å². The van der Waals surface area contributed by atoms with Crippen LogP contribution in [0.15, 0.2) is 47.5 Å². The van der Waals surface area contributed by atoms with Crippen LogP contribution in [0.25, 0.3) is 17.2 Å². The highest BCUT2D eigenvalue weighted by molar-refractivity contribution is 6.33. The van der Waals surface area contributed by atoms with E-state index in [2.05, 4.69) is 22.2 Å². The first-order valence-corrected chi connectivity index (χ1v) is 19.0. The fourth-order valence-electron chi connectivity index (χ4n) is 8.30. The Morgan fingerprint density at radius 1 is 1.06 bits per heavy atom. The fraction of sp³-hybridized carbons (Fsp3) is 0.410. The zero-order chi connectivity index (χ0) is 38.1. The van der Waals surface area contributed by atoms with Gasteiger partial charge >= 0.3 is 0 Å². The molecule has 13 nitrogen and oxygen atoms in total. The van der Waals surface area contributed by atoms with E-state index in [1.807, 2.05) is 53.9 Å². The second-order valence-corrected chi connectivity index (χ2v) is 16.1. The van der Waals surface area contributed by atoms with Gasteiger partial charge in [0.2, 0.25) is 11.7 Å². The van der Waals surface area contributed by atoms with Gasteiger partial charge in [0.15, 0.2) is 17.3 Å². The van der Waals surface area contributed by atoms with E-state index in [0.29, 0.717) is 83.2 Å². The number of halogens is 2. The molecule has 1 aliphatic heterocycles. The molecule has 1 saturated heterocycles. The van der Waals surface area contributed by atoms with Crippen molar-refractivity contribution in [1.82, 2.24) is 38.9 Å². The van der Waals surface area contributed by atoms with E-state index in [1.165, 1.54) is 16.4 Å². The number of aromatic hydroxyl groups is 1.